The van der Waals surface area contributed by atoms with Crippen LogP contribution in [-0.2, 0) is 5.41 Å². The Morgan fingerprint density at radius 3 is 2.37 bits per heavy atom. The molecule has 5 aliphatic carbocycles. The summed E-state index contributed by atoms with van der Waals surface area (Å²) in [6.45, 7) is 0. The molecule has 5 aliphatic rings. The number of fused-ring (bicyclic) bond motifs is 1. The van der Waals surface area contributed by atoms with Crippen molar-refractivity contribution in [2.45, 2.75) is 43.9 Å². The molecule has 0 saturated heterocycles. The van der Waals surface area contributed by atoms with E-state index in [4.69, 9.17) is 23.2 Å². The molecule has 4 bridgehead atoms. The maximum Gasteiger partial charge on any atom is 0.272 e. The highest BCUT2D eigenvalue weighted by Gasteiger charge is 2.60. The van der Waals surface area contributed by atoms with Crippen LogP contribution in [0.5, 0.6) is 0 Å². The van der Waals surface area contributed by atoms with Crippen LogP contribution >= 0.6 is 23.2 Å². The van der Waals surface area contributed by atoms with Crippen molar-refractivity contribution >= 4 is 34.8 Å². The van der Waals surface area contributed by atoms with Crippen molar-refractivity contribution in [2.75, 3.05) is 0 Å². The molecule has 0 aliphatic heterocycles. The van der Waals surface area contributed by atoms with Gasteiger partial charge < -0.3 is 0 Å². The Bertz CT molecular complexity index is 1050. The van der Waals surface area contributed by atoms with Crippen molar-refractivity contribution in [1.29, 1.82) is 0 Å². The summed E-state index contributed by atoms with van der Waals surface area (Å²) >= 11 is 12.2. The molecule has 2 aromatic rings. The monoisotopic (exact) mass is 438 g/mol. The number of benzene rings is 2. The first kappa shape index (κ1) is 18.9. The number of hydrogen-bond acceptors (Lipinski definition) is 2. The summed E-state index contributed by atoms with van der Waals surface area (Å²) in [7, 11) is 0. The van der Waals surface area contributed by atoms with E-state index in [9.17, 15) is 4.79 Å². The van der Waals surface area contributed by atoms with Gasteiger partial charge in [0.2, 0.25) is 0 Å². The molecular weight excluding hydrogens is 415 g/mol. The number of halogens is 2. The number of nitrogens with one attached hydrogen (secondary N) is 1. The average Bonchev–Trinajstić information content (AvgIpc) is 3.05. The largest absolute Gasteiger partial charge is 0.272 e. The van der Waals surface area contributed by atoms with Gasteiger partial charge in [-0.2, -0.15) is 5.10 Å². The van der Waals surface area contributed by atoms with E-state index in [1.54, 1.807) is 18.2 Å². The van der Waals surface area contributed by atoms with E-state index in [0.717, 1.165) is 35.8 Å². The molecule has 4 saturated carbocycles. The maximum absolute atomic E-state index is 12.7. The predicted molar refractivity (Wildman–Crippen MR) is 120 cm³/mol. The van der Waals surface area contributed by atoms with Gasteiger partial charge in [0.05, 0.1) is 16.3 Å². The Labute approximate surface area is 186 Å². The summed E-state index contributed by atoms with van der Waals surface area (Å²) in [5, 5.41) is 5.49. The van der Waals surface area contributed by atoms with Crippen molar-refractivity contribution in [1.82, 2.24) is 5.43 Å². The number of hydrogen-bond donors (Lipinski definition) is 1. The third kappa shape index (κ3) is 2.71. The zero-order chi connectivity index (χ0) is 20.5. The lowest BCUT2D eigenvalue weighted by Gasteiger charge is -2.60. The smallest absolute Gasteiger partial charge is 0.267 e. The first-order chi connectivity index (χ1) is 14.5. The third-order valence-corrected chi connectivity index (χ3v) is 8.81. The highest BCUT2D eigenvalue weighted by atomic mass is 35.5. The van der Waals surface area contributed by atoms with Gasteiger partial charge in [-0.1, -0.05) is 47.5 Å². The second kappa shape index (κ2) is 6.83. The van der Waals surface area contributed by atoms with Crippen LogP contribution in [0.1, 0.15) is 60.0 Å². The maximum atomic E-state index is 12.7. The minimum Gasteiger partial charge on any atom is -0.267 e. The van der Waals surface area contributed by atoms with Crippen LogP contribution in [0.25, 0.3) is 0 Å². The molecule has 0 unspecified atom stereocenters. The second-order valence-electron chi connectivity index (χ2n) is 9.69. The van der Waals surface area contributed by atoms with E-state index in [1.165, 1.54) is 43.2 Å². The lowest BCUT2D eigenvalue weighted by atomic mass is 9.44. The number of rotatable bonds is 2. The minimum absolute atomic E-state index is 0.214. The zero-order valence-electron chi connectivity index (χ0n) is 16.7. The molecular formula is C25H24Cl2N2O. The number of hydrazone groups is 1. The first-order valence-corrected chi connectivity index (χ1v) is 11.7. The van der Waals surface area contributed by atoms with Gasteiger partial charge in [-0.15, -0.1) is 0 Å². The topological polar surface area (TPSA) is 41.5 Å². The predicted octanol–water partition coefficient (Wildman–Crippen LogP) is 6.23. The van der Waals surface area contributed by atoms with Crippen molar-refractivity contribution in [2.24, 2.45) is 28.8 Å². The van der Waals surface area contributed by atoms with E-state index in [0.29, 0.717) is 15.6 Å². The fourth-order valence-electron chi connectivity index (χ4n) is 7.31. The Morgan fingerprint density at radius 1 is 0.967 bits per heavy atom. The molecule has 5 heteroatoms. The molecule has 4 fully saturated rings. The number of amides is 1. The second-order valence-corrected chi connectivity index (χ2v) is 10.5. The van der Waals surface area contributed by atoms with Gasteiger partial charge in [0, 0.05) is 22.4 Å². The number of nitrogens with zero attached hydrogens (tertiary/aromatic N) is 1. The highest BCUT2D eigenvalue weighted by molar-refractivity contribution is 6.36. The van der Waals surface area contributed by atoms with E-state index in [-0.39, 0.29) is 11.3 Å². The van der Waals surface area contributed by atoms with Gasteiger partial charge in [-0.3, -0.25) is 4.79 Å². The van der Waals surface area contributed by atoms with Gasteiger partial charge in [0.1, 0.15) is 0 Å². The zero-order valence-corrected chi connectivity index (χ0v) is 18.2. The fraction of sp³-hybridized carbons (Fsp3) is 0.440. The Hall–Kier alpha value is -1.84. The van der Waals surface area contributed by atoms with E-state index in [1.807, 2.05) is 0 Å². The average molecular weight is 439 g/mol. The van der Waals surface area contributed by atoms with Gasteiger partial charge in [-0.25, -0.2) is 5.43 Å². The molecule has 0 heterocycles. The Balaban J connectivity index is 1.34. The summed E-state index contributed by atoms with van der Waals surface area (Å²) in [6, 6.07) is 13.6. The van der Waals surface area contributed by atoms with Crippen LogP contribution in [0.4, 0.5) is 0 Å². The van der Waals surface area contributed by atoms with Crippen molar-refractivity contribution < 1.29 is 4.79 Å². The SMILES string of the molecule is O=C(N/N=C1\CC2(c3ccccc31)C1CC3CC(C1)CC2C3)c1ccc(Cl)cc1Cl. The lowest BCUT2D eigenvalue weighted by molar-refractivity contribution is -0.0557. The van der Waals surface area contributed by atoms with Crippen LogP contribution in [0.2, 0.25) is 10.0 Å². The molecule has 0 atom stereocenters. The number of carbonyl (C=O) groups excluding carboxylic acids is 1. The Kier molecular flexibility index (Phi) is 4.30. The third-order valence-electron chi connectivity index (χ3n) is 8.26. The summed E-state index contributed by atoms with van der Waals surface area (Å²) in [4.78, 5) is 12.7. The van der Waals surface area contributed by atoms with Crippen molar-refractivity contribution in [3.05, 3.63) is 69.2 Å². The summed E-state index contributed by atoms with van der Waals surface area (Å²) in [5.41, 5.74) is 7.07. The molecule has 0 aromatic heterocycles. The molecule has 1 N–H and O–H groups in total. The van der Waals surface area contributed by atoms with Gasteiger partial charge in [0.25, 0.3) is 5.91 Å². The fourth-order valence-corrected chi connectivity index (χ4v) is 7.81. The van der Waals surface area contributed by atoms with E-state index in [2.05, 4.69) is 34.8 Å². The number of carbonyl (C=O) groups is 1. The lowest BCUT2D eigenvalue weighted by Crippen LogP contribution is -2.54. The Morgan fingerprint density at radius 2 is 1.67 bits per heavy atom. The standard InChI is InChI=1S/C25H24Cl2N2O/c26-18-5-6-20(22(27)12-18)24(30)29-28-23-13-25(21-4-2-1-3-19(21)23)16-8-14-7-15(10-16)11-17(25)9-14/h1-6,12,14-17H,7-11,13H2,(H,29,30)/b28-23+. The molecule has 2 aromatic carbocycles. The molecule has 154 valence electrons. The van der Waals surface area contributed by atoms with Crippen LogP contribution in [0.3, 0.4) is 0 Å². The van der Waals surface area contributed by atoms with Gasteiger partial charge >= 0.3 is 0 Å². The van der Waals surface area contributed by atoms with Crippen LogP contribution in [0.15, 0.2) is 47.6 Å². The molecule has 30 heavy (non-hydrogen) atoms. The van der Waals surface area contributed by atoms with E-state index >= 15 is 0 Å². The molecule has 3 nitrogen and oxygen atoms in total. The minimum atomic E-state index is -0.298. The van der Waals surface area contributed by atoms with Crippen LogP contribution < -0.4 is 5.43 Å². The first-order valence-electron chi connectivity index (χ1n) is 11.0. The molecule has 0 radical (unpaired) electrons. The highest BCUT2D eigenvalue weighted by Crippen LogP contribution is 2.66. The van der Waals surface area contributed by atoms with Gasteiger partial charge in [0.15, 0.2) is 0 Å². The summed E-state index contributed by atoms with van der Waals surface area (Å²) in [5.74, 6) is 3.07. The summed E-state index contributed by atoms with van der Waals surface area (Å²) < 4.78 is 0. The van der Waals surface area contributed by atoms with Crippen molar-refractivity contribution in [3.8, 4) is 0 Å². The normalized spacial score (nSPS) is 34.5. The quantitative estimate of drug-likeness (QED) is 0.554. The molecule has 7 rings (SSSR count). The van der Waals surface area contributed by atoms with Crippen molar-refractivity contribution in [3.63, 3.8) is 0 Å². The van der Waals surface area contributed by atoms with Crippen LogP contribution in [-0.4, -0.2) is 11.6 Å². The summed E-state index contributed by atoms with van der Waals surface area (Å²) in [6.07, 6.45) is 7.84. The van der Waals surface area contributed by atoms with Crippen LogP contribution in [0, 0.1) is 23.7 Å². The molecule has 1 amide bonds. The molecule has 1 spiro atoms. The van der Waals surface area contributed by atoms with E-state index < -0.39 is 0 Å². The van der Waals surface area contributed by atoms with Gasteiger partial charge in [-0.05, 0) is 79.5 Å².